The number of hydrogen-bond donors (Lipinski definition) is 2. The van der Waals surface area contributed by atoms with Crippen molar-refractivity contribution >= 4 is 34.8 Å². The number of amides is 3. The summed E-state index contributed by atoms with van der Waals surface area (Å²) < 4.78 is 10.3. The SMILES string of the molecule is COc1ccc2cc(/C=C/C(=O)O[C@H](C(=O)NC(N)=O)C(C)C)ccc2c1. The molecule has 2 aromatic rings. The number of primary amides is 1. The standard InChI is InChI=1S/C20H22N2O5/c1-12(2)18(19(24)22-20(21)25)27-17(23)9-5-13-4-6-15-11-16(26-3)8-7-14(15)10-13/h4-12,18H,1-3H3,(H3,21,22,24,25)/b9-5+/t18-/m0/s1. The first-order valence-electron chi connectivity index (χ1n) is 8.37. The van der Waals surface area contributed by atoms with Gasteiger partial charge in [0.05, 0.1) is 7.11 Å². The molecule has 0 aliphatic rings. The molecule has 2 rings (SSSR count). The van der Waals surface area contributed by atoms with E-state index in [9.17, 15) is 14.4 Å². The van der Waals surface area contributed by atoms with Crippen molar-refractivity contribution in [2.75, 3.05) is 7.11 Å². The average Bonchev–Trinajstić information content (AvgIpc) is 2.62. The van der Waals surface area contributed by atoms with Gasteiger partial charge in [0.15, 0.2) is 6.10 Å². The van der Waals surface area contributed by atoms with Gasteiger partial charge in [-0.15, -0.1) is 0 Å². The molecule has 0 heterocycles. The zero-order valence-electron chi connectivity index (χ0n) is 15.4. The Labute approximate surface area is 157 Å². The Morgan fingerprint density at radius 1 is 1.07 bits per heavy atom. The Balaban J connectivity index is 2.09. The Morgan fingerprint density at radius 2 is 1.74 bits per heavy atom. The van der Waals surface area contributed by atoms with Gasteiger partial charge in [-0.3, -0.25) is 10.1 Å². The Bertz CT molecular complexity index is 889. The highest BCUT2D eigenvalue weighted by Crippen LogP contribution is 2.22. The molecule has 1 atom stereocenters. The van der Waals surface area contributed by atoms with Crippen molar-refractivity contribution in [1.29, 1.82) is 0 Å². The second kappa shape index (κ2) is 8.84. The van der Waals surface area contributed by atoms with Crippen molar-refractivity contribution in [1.82, 2.24) is 5.32 Å². The Morgan fingerprint density at radius 3 is 2.37 bits per heavy atom. The minimum absolute atomic E-state index is 0.322. The first-order chi connectivity index (χ1) is 12.8. The molecule has 0 aliphatic heterocycles. The summed E-state index contributed by atoms with van der Waals surface area (Å²) in [6.07, 6.45) is 1.71. The molecule has 0 spiro atoms. The number of methoxy groups -OCH3 is 1. The molecule has 0 radical (unpaired) electrons. The monoisotopic (exact) mass is 370 g/mol. The van der Waals surface area contributed by atoms with E-state index < -0.39 is 24.0 Å². The van der Waals surface area contributed by atoms with Crippen molar-refractivity contribution in [2.45, 2.75) is 20.0 Å². The number of imide groups is 1. The van der Waals surface area contributed by atoms with E-state index in [4.69, 9.17) is 15.2 Å². The zero-order chi connectivity index (χ0) is 20.0. The van der Waals surface area contributed by atoms with Crippen molar-refractivity contribution < 1.29 is 23.9 Å². The molecule has 7 nitrogen and oxygen atoms in total. The molecule has 0 aromatic heterocycles. The number of nitrogens with one attached hydrogen (secondary N) is 1. The maximum absolute atomic E-state index is 12.0. The largest absolute Gasteiger partial charge is 0.497 e. The molecule has 3 amide bonds. The van der Waals surface area contributed by atoms with Gasteiger partial charge in [-0.1, -0.05) is 32.0 Å². The van der Waals surface area contributed by atoms with Crippen LogP contribution in [-0.2, 0) is 14.3 Å². The van der Waals surface area contributed by atoms with E-state index in [1.54, 1.807) is 27.0 Å². The van der Waals surface area contributed by atoms with E-state index in [2.05, 4.69) is 0 Å². The van der Waals surface area contributed by atoms with Crippen LogP contribution in [0.4, 0.5) is 4.79 Å². The molecule has 0 aliphatic carbocycles. The highest BCUT2D eigenvalue weighted by atomic mass is 16.5. The molecule has 0 saturated carbocycles. The van der Waals surface area contributed by atoms with E-state index in [0.717, 1.165) is 22.1 Å². The van der Waals surface area contributed by atoms with E-state index >= 15 is 0 Å². The number of urea groups is 1. The first-order valence-corrected chi connectivity index (χ1v) is 8.37. The zero-order valence-corrected chi connectivity index (χ0v) is 15.4. The van der Waals surface area contributed by atoms with Crippen LogP contribution in [0.15, 0.2) is 42.5 Å². The fourth-order valence-electron chi connectivity index (χ4n) is 2.49. The van der Waals surface area contributed by atoms with Crippen LogP contribution in [0.5, 0.6) is 5.75 Å². The molecule has 142 valence electrons. The number of esters is 1. The first kappa shape index (κ1) is 20.0. The number of ether oxygens (including phenoxy) is 2. The fourth-order valence-corrected chi connectivity index (χ4v) is 2.49. The van der Waals surface area contributed by atoms with Gasteiger partial charge in [0.25, 0.3) is 5.91 Å². The lowest BCUT2D eigenvalue weighted by molar-refractivity contribution is -0.153. The number of carbonyl (C=O) groups is 3. The van der Waals surface area contributed by atoms with Crippen LogP contribution in [0.25, 0.3) is 16.8 Å². The van der Waals surface area contributed by atoms with E-state index in [-0.39, 0.29) is 5.92 Å². The summed E-state index contributed by atoms with van der Waals surface area (Å²) in [5.41, 5.74) is 5.73. The van der Waals surface area contributed by atoms with Crippen molar-refractivity contribution in [3.05, 3.63) is 48.0 Å². The number of fused-ring (bicyclic) bond motifs is 1. The maximum Gasteiger partial charge on any atom is 0.331 e. The minimum Gasteiger partial charge on any atom is -0.497 e. The average molecular weight is 370 g/mol. The summed E-state index contributed by atoms with van der Waals surface area (Å²) in [6.45, 7) is 3.39. The van der Waals surface area contributed by atoms with E-state index in [0.29, 0.717) is 0 Å². The molecule has 7 heteroatoms. The summed E-state index contributed by atoms with van der Waals surface area (Å²) in [4.78, 5) is 34.7. The second-order valence-electron chi connectivity index (χ2n) is 6.26. The van der Waals surface area contributed by atoms with Crippen LogP contribution in [0, 0.1) is 5.92 Å². The lowest BCUT2D eigenvalue weighted by atomic mass is 10.1. The Hall–Kier alpha value is -3.35. The summed E-state index contributed by atoms with van der Waals surface area (Å²) in [7, 11) is 1.61. The predicted octanol–water partition coefficient (Wildman–Crippen LogP) is 2.62. The lowest BCUT2D eigenvalue weighted by Gasteiger charge is -2.18. The lowest BCUT2D eigenvalue weighted by Crippen LogP contribution is -2.45. The van der Waals surface area contributed by atoms with Crippen LogP contribution in [0.3, 0.4) is 0 Å². The molecule has 0 unspecified atom stereocenters. The maximum atomic E-state index is 12.0. The van der Waals surface area contributed by atoms with Gasteiger partial charge in [-0.05, 0) is 46.5 Å². The highest BCUT2D eigenvalue weighted by molar-refractivity contribution is 5.98. The van der Waals surface area contributed by atoms with Crippen molar-refractivity contribution in [2.24, 2.45) is 11.7 Å². The van der Waals surface area contributed by atoms with Gasteiger partial charge >= 0.3 is 12.0 Å². The van der Waals surface area contributed by atoms with Gasteiger partial charge in [0, 0.05) is 6.08 Å². The summed E-state index contributed by atoms with van der Waals surface area (Å²) in [6, 6.07) is 10.4. The molecular weight excluding hydrogens is 348 g/mol. The van der Waals surface area contributed by atoms with Gasteiger partial charge in [0.2, 0.25) is 0 Å². The van der Waals surface area contributed by atoms with Gasteiger partial charge in [0.1, 0.15) is 5.75 Å². The predicted molar refractivity (Wildman–Crippen MR) is 102 cm³/mol. The van der Waals surface area contributed by atoms with Crippen molar-refractivity contribution in [3.8, 4) is 5.75 Å². The van der Waals surface area contributed by atoms with E-state index in [1.165, 1.54) is 6.08 Å². The fraction of sp³-hybridized carbons (Fsp3) is 0.250. The highest BCUT2D eigenvalue weighted by Gasteiger charge is 2.26. The van der Waals surface area contributed by atoms with Gasteiger partial charge < -0.3 is 15.2 Å². The number of benzene rings is 2. The van der Waals surface area contributed by atoms with Gasteiger partial charge in [-0.25, -0.2) is 9.59 Å². The number of hydrogen-bond acceptors (Lipinski definition) is 5. The van der Waals surface area contributed by atoms with Crippen LogP contribution in [0.1, 0.15) is 19.4 Å². The Kier molecular flexibility index (Phi) is 6.54. The van der Waals surface area contributed by atoms with Crippen LogP contribution in [-0.4, -0.2) is 31.1 Å². The summed E-state index contributed by atoms with van der Waals surface area (Å²) in [5, 5.41) is 3.93. The third-order valence-electron chi connectivity index (χ3n) is 3.84. The third kappa shape index (κ3) is 5.57. The van der Waals surface area contributed by atoms with Crippen LogP contribution >= 0.6 is 0 Å². The smallest absolute Gasteiger partial charge is 0.331 e. The molecule has 0 bridgehead atoms. The normalized spacial score (nSPS) is 12.1. The number of rotatable bonds is 6. The van der Waals surface area contributed by atoms with Crippen LogP contribution in [0.2, 0.25) is 0 Å². The number of nitrogens with two attached hydrogens (primary N) is 1. The van der Waals surface area contributed by atoms with Crippen molar-refractivity contribution in [3.63, 3.8) is 0 Å². The summed E-state index contributed by atoms with van der Waals surface area (Å²) in [5.74, 6) is -0.997. The third-order valence-corrected chi connectivity index (χ3v) is 3.84. The number of carbonyl (C=O) groups excluding carboxylic acids is 3. The summed E-state index contributed by atoms with van der Waals surface area (Å²) >= 11 is 0. The van der Waals surface area contributed by atoms with Crippen LogP contribution < -0.4 is 15.8 Å². The molecular formula is C20H22N2O5. The van der Waals surface area contributed by atoms with Gasteiger partial charge in [-0.2, -0.15) is 0 Å². The molecule has 0 saturated heterocycles. The molecule has 2 aromatic carbocycles. The second-order valence-corrected chi connectivity index (χ2v) is 6.26. The molecule has 3 N–H and O–H groups in total. The molecule has 27 heavy (non-hydrogen) atoms. The quantitative estimate of drug-likeness (QED) is 0.600. The molecule has 0 fully saturated rings. The minimum atomic E-state index is -1.11. The topological polar surface area (TPSA) is 108 Å². The van der Waals surface area contributed by atoms with E-state index in [1.807, 2.05) is 41.7 Å².